The average molecular weight is 512 g/mol. The topological polar surface area (TPSA) is 106 Å². The van der Waals surface area contributed by atoms with E-state index in [0.717, 1.165) is 11.1 Å². The molecule has 2 atom stereocenters. The number of benzene rings is 2. The molecule has 0 radical (unpaired) electrons. The molecule has 0 aromatic heterocycles. The lowest BCUT2D eigenvalue weighted by atomic mass is 9.78. The van der Waals surface area contributed by atoms with Gasteiger partial charge < -0.3 is 30.2 Å². The van der Waals surface area contributed by atoms with E-state index in [0.29, 0.717) is 28.8 Å². The summed E-state index contributed by atoms with van der Waals surface area (Å²) in [7, 11) is 0. The van der Waals surface area contributed by atoms with Crippen LogP contribution in [0.25, 0.3) is 0 Å². The van der Waals surface area contributed by atoms with Crippen LogP contribution in [-0.2, 0) is 5.41 Å². The first kappa shape index (κ1) is 26.4. The van der Waals surface area contributed by atoms with Crippen molar-refractivity contribution in [3.63, 3.8) is 0 Å². The second-order valence-corrected chi connectivity index (χ2v) is 9.30. The lowest BCUT2D eigenvalue weighted by Crippen LogP contribution is -2.42. The molecule has 1 aliphatic heterocycles. The third kappa shape index (κ3) is 6.91. The molecule has 8 nitrogen and oxygen atoms in total. The Bertz CT molecular complexity index is 972. The quantitative estimate of drug-likeness (QED) is 0.277. The number of aliphatic hydroxyl groups is 3. The van der Waals surface area contributed by atoms with Gasteiger partial charge in [0.2, 0.25) is 0 Å². The predicted molar refractivity (Wildman–Crippen MR) is 132 cm³/mol. The maximum absolute atomic E-state index is 10.2. The number of halogens is 2. The summed E-state index contributed by atoms with van der Waals surface area (Å²) >= 11 is 12.0. The number of hydrogen-bond donors (Lipinski definition) is 5. The number of aliphatic hydroxyl groups excluding tert-OH is 3. The van der Waals surface area contributed by atoms with E-state index in [4.69, 9.17) is 37.8 Å². The van der Waals surface area contributed by atoms with Gasteiger partial charge in [0.25, 0.3) is 0 Å². The molecule has 0 saturated heterocycles. The molecule has 1 aliphatic rings. The van der Waals surface area contributed by atoms with Crippen LogP contribution in [0.2, 0.25) is 5.02 Å². The van der Waals surface area contributed by atoms with E-state index in [9.17, 15) is 10.2 Å². The van der Waals surface area contributed by atoms with Crippen molar-refractivity contribution >= 4 is 23.2 Å². The fourth-order valence-corrected chi connectivity index (χ4v) is 3.74. The van der Waals surface area contributed by atoms with Crippen LogP contribution in [0.15, 0.2) is 54.4 Å². The summed E-state index contributed by atoms with van der Waals surface area (Å²) < 4.78 is 11.3. The van der Waals surface area contributed by atoms with Crippen molar-refractivity contribution in [1.82, 2.24) is 16.0 Å². The minimum absolute atomic E-state index is 0.0773. The SMILES string of the molecule is CC(C)(c1ccc(OCC(O)CN2C=C(CO)NN2)cc1)c1ccc(OCC(O)CCl)c(Cl)c1. The number of nitrogens with one attached hydrogen (secondary N) is 2. The van der Waals surface area contributed by atoms with Gasteiger partial charge in [-0.15, -0.1) is 17.1 Å². The van der Waals surface area contributed by atoms with E-state index in [1.807, 2.05) is 36.4 Å². The van der Waals surface area contributed by atoms with Gasteiger partial charge >= 0.3 is 0 Å². The summed E-state index contributed by atoms with van der Waals surface area (Å²) in [6.07, 6.45) is 0.211. The molecule has 0 aliphatic carbocycles. The van der Waals surface area contributed by atoms with Crippen LogP contribution in [0, 0.1) is 0 Å². The van der Waals surface area contributed by atoms with Crippen LogP contribution in [0.5, 0.6) is 11.5 Å². The van der Waals surface area contributed by atoms with Crippen molar-refractivity contribution in [3.05, 3.63) is 70.5 Å². The highest BCUT2D eigenvalue weighted by Gasteiger charge is 2.24. The van der Waals surface area contributed by atoms with Crippen molar-refractivity contribution in [2.45, 2.75) is 31.5 Å². The van der Waals surface area contributed by atoms with E-state index in [1.165, 1.54) is 0 Å². The summed E-state index contributed by atoms with van der Waals surface area (Å²) in [5.74, 6) is 1.24. The third-order valence-corrected chi connectivity index (χ3v) is 6.18. The van der Waals surface area contributed by atoms with Gasteiger partial charge in [0.1, 0.15) is 36.9 Å². The largest absolute Gasteiger partial charge is 0.491 e. The zero-order valence-electron chi connectivity index (χ0n) is 19.2. The summed E-state index contributed by atoms with van der Waals surface area (Å²) in [6, 6.07) is 13.3. The second-order valence-electron chi connectivity index (χ2n) is 8.58. The molecule has 2 aromatic carbocycles. The van der Waals surface area contributed by atoms with E-state index >= 15 is 0 Å². The molecule has 10 heteroatoms. The fraction of sp³-hybridized carbons (Fsp3) is 0.417. The van der Waals surface area contributed by atoms with E-state index in [-0.39, 0.29) is 31.1 Å². The summed E-state index contributed by atoms with van der Waals surface area (Å²) in [4.78, 5) is 0. The van der Waals surface area contributed by atoms with Crippen molar-refractivity contribution in [2.75, 3.05) is 32.2 Å². The van der Waals surface area contributed by atoms with Gasteiger partial charge in [-0.3, -0.25) is 5.01 Å². The van der Waals surface area contributed by atoms with Crippen LogP contribution in [0.4, 0.5) is 0 Å². The average Bonchev–Trinajstić information content (AvgIpc) is 3.29. The van der Waals surface area contributed by atoms with E-state index in [2.05, 4.69) is 24.8 Å². The summed E-state index contributed by atoms with van der Waals surface area (Å²) in [5, 5.41) is 31.0. The highest BCUT2D eigenvalue weighted by Crippen LogP contribution is 2.36. The summed E-state index contributed by atoms with van der Waals surface area (Å²) in [6.45, 7) is 4.59. The molecule has 0 bridgehead atoms. The van der Waals surface area contributed by atoms with E-state index in [1.54, 1.807) is 17.3 Å². The van der Waals surface area contributed by atoms with Gasteiger partial charge in [0, 0.05) is 11.6 Å². The Hall–Kier alpha value is -2.20. The normalized spacial score (nSPS) is 15.5. The van der Waals surface area contributed by atoms with Gasteiger partial charge in [-0.1, -0.05) is 43.6 Å². The monoisotopic (exact) mass is 511 g/mol. The molecule has 34 heavy (non-hydrogen) atoms. The van der Waals surface area contributed by atoms with Crippen LogP contribution < -0.4 is 20.4 Å². The third-order valence-electron chi connectivity index (χ3n) is 5.53. The Kier molecular flexibility index (Phi) is 9.30. The molecule has 186 valence electrons. The van der Waals surface area contributed by atoms with Gasteiger partial charge in [-0.2, -0.15) is 0 Å². The maximum Gasteiger partial charge on any atom is 0.138 e. The number of hydrogen-bond acceptors (Lipinski definition) is 8. The highest BCUT2D eigenvalue weighted by atomic mass is 35.5. The van der Waals surface area contributed by atoms with Crippen LogP contribution in [-0.4, -0.2) is 64.8 Å². The minimum Gasteiger partial charge on any atom is -0.491 e. The van der Waals surface area contributed by atoms with Crippen molar-refractivity contribution in [2.24, 2.45) is 0 Å². The van der Waals surface area contributed by atoms with Crippen LogP contribution >= 0.6 is 23.2 Å². The minimum atomic E-state index is -0.749. The molecule has 0 saturated carbocycles. The Morgan fingerprint density at radius 2 is 1.68 bits per heavy atom. The van der Waals surface area contributed by atoms with Crippen LogP contribution in [0.1, 0.15) is 25.0 Å². The predicted octanol–water partition coefficient (Wildman–Crippen LogP) is 2.54. The Morgan fingerprint density at radius 3 is 2.29 bits per heavy atom. The molecule has 0 fully saturated rings. The fourth-order valence-electron chi connectivity index (χ4n) is 3.42. The first-order valence-electron chi connectivity index (χ1n) is 10.9. The number of hydrazine groups is 2. The van der Waals surface area contributed by atoms with Crippen molar-refractivity contribution < 1.29 is 24.8 Å². The first-order valence-corrected chi connectivity index (χ1v) is 11.8. The molecule has 2 aromatic rings. The molecule has 3 rings (SSSR count). The molecular weight excluding hydrogens is 481 g/mol. The number of β-amino-alcohol motifs (C(OH)–C–C–N with tert-alkyl or cyclic N) is 1. The maximum atomic E-state index is 10.2. The standard InChI is InChI=1S/C24H31Cl2N3O5/c1-24(2,17-5-8-23(22(26)9-17)34-14-19(31)10-25)16-3-6-21(7-4-16)33-15-20(32)12-29-11-18(13-30)27-28-29/h3-9,11,19-20,27-28,30-32H,10,12-15H2,1-2H3. The Morgan fingerprint density at radius 1 is 1.00 bits per heavy atom. The second kappa shape index (κ2) is 12.0. The molecule has 0 spiro atoms. The smallest absolute Gasteiger partial charge is 0.138 e. The lowest BCUT2D eigenvalue weighted by Gasteiger charge is -2.27. The number of rotatable bonds is 12. The van der Waals surface area contributed by atoms with Gasteiger partial charge in [0.05, 0.1) is 29.8 Å². The first-order chi connectivity index (χ1) is 16.2. The molecule has 5 N–H and O–H groups in total. The van der Waals surface area contributed by atoms with Gasteiger partial charge in [0.15, 0.2) is 0 Å². The molecular formula is C24H31Cl2N3O5. The Balaban J connectivity index is 1.57. The van der Waals surface area contributed by atoms with Gasteiger partial charge in [-0.25, -0.2) is 0 Å². The van der Waals surface area contributed by atoms with Gasteiger partial charge in [-0.05, 0) is 35.4 Å². The van der Waals surface area contributed by atoms with Crippen molar-refractivity contribution in [1.29, 1.82) is 0 Å². The number of alkyl halides is 1. The zero-order chi connectivity index (χ0) is 24.7. The highest BCUT2D eigenvalue weighted by molar-refractivity contribution is 6.32. The number of ether oxygens (including phenoxy) is 2. The molecule has 1 heterocycles. The number of nitrogens with zero attached hydrogens (tertiary/aromatic N) is 1. The Labute approximate surface area is 209 Å². The molecule has 0 amide bonds. The molecule has 2 unspecified atom stereocenters. The van der Waals surface area contributed by atoms with Crippen LogP contribution in [0.3, 0.4) is 0 Å². The lowest BCUT2D eigenvalue weighted by molar-refractivity contribution is 0.0687. The van der Waals surface area contributed by atoms with Crippen molar-refractivity contribution in [3.8, 4) is 11.5 Å². The summed E-state index contributed by atoms with van der Waals surface area (Å²) in [5.41, 5.74) is 7.99. The van der Waals surface area contributed by atoms with E-state index < -0.39 is 12.2 Å². The zero-order valence-corrected chi connectivity index (χ0v) is 20.7.